The van der Waals surface area contributed by atoms with Crippen molar-refractivity contribution < 1.29 is 14.3 Å². The first kappa shape index (κ1) is 25.7. The molecule has 3 aromatic carbocycles. The molecule has 36 heavy (non-hydrogen) atoms. The number of benzene rings is 3. The molecule has 1 amide bonds. The average molecular weight is 504 g/mol. The molecule has 188 valence electrons. The highest BCUT2D eigenvalue weighted by molar-refractivity contribution is 7.80. The van der Waals surface area contributed by atoms with Crippen LogP contribution in [0.5, 0.6) is 11.5 Å². The predicted molar refractivity (Wildman–Crippen MR) is 148 cm³/mol. The third-order valence-corrected chi connectivity index (χ3v) is 6.83. The van der Waals surface area contributed by atoms with E-state index in [4.69, 9.17) is 21.7 Å². The van der Waals surface area contributed by atoms with Crippen LogP contribution in [0.4, 0.5) is 5.69 Å². The molecule has 3 aromatic rings. The smallest absolute Gasteiger partial charge is 0.262 e. The van der Waals surface area contributed by atoms with Crippen LogP contribution in [0.3, 0.4) is 0 Å². The number of thiocarbonyl (C=S) groups is 1. The quantitative estimate of drug-likeness (QED) is 0.445. The number of carbonyl (C=O) groups excluding carboxylic acids is 1. The lowest BCUT2D eigenvalue weighted by atomic mass is 10.1. The van der Waals surface area contributed by atoms with Crippen molar-refractivity contribution in [1.29, 1.82) is 0 Å². The Labute approximate surface area is 218 Å². The van der Waals surface area contributed by atoms with Gasteiger partial charge < -0.3 is 19.7 Å². The number of nitrogens with zero attached hydrogens (tertiary/aromatic N) is 2. The molecule has 4 rings (SSSR count). The topological polar surface area (TPSA) is 54.0 Å². The second-order valence-electron chi connectivity index (χ2n) is 9.07. The molecule has 1 heterocycles. The van der Waals surface area contributed by atoms with Gasteiger partial charge in [-0.15, -0.1) is 0 Å². The lowest BCUT2D eigenvalue weighted by Gasteiger charge is -2.36. The monoisotopic (exact) mass is 503 g/mol. The second-order valence-corrected chi connectivity index (χ2v) is 9.46. The van der Waals surface area contributed by atoms with Gasteiger partial charge in [-0.2, -0.15) is 0 Å². The molecule has 7 heteroatoms. The van der Waals surface area contributed by atoms with E-state index >= 15 is 0 Å². The van der Waals surface area contributed by atoms with Gasteiger partial charge in [-0.25, -0.2) is 0 Å². The van der Waals surface area contributed by atoms with E-state index in [2.05, 4.69) is 39.4 Å². The molecule has 0 spiro atoms. The third-order valence-electron chi connectivity index (χ3n) is 6.33. The second kappa shape index (κ2) is 12.0. The molecule has 0 aliphatic carbocycles. The summed E-state index contributed by atoms with van der Waals surface area (Å²) in [7, 11) is 1.59. The Balaban J connectivity index is 1.31. The maximum absolute atomic E-state index is 12.4. The Morgan fingerprint density at radius 2 is 1.69 bits per heavy atom. The highest BCUT2D eigenvalue weighted by Gasteiger charge is 2.21. The summed E-state index contributed by atoms with van der Waals surface area (Å²) in [6.07, 6.45) is 0. The average Bonchev–Trinajstić information content (AvgIpc) is 2.89. The number of ether oxygens (including phenoxy) is 2. The van der Waals surface area contributed by atoms with Crippen molar-refractivity contribution in [1.82, 2.24) is 9.80 Å². The summed E-state index contributed by atoms with van der Waals surface area (Å²) >= 11 is 5.81. The molecule has 0 atom stereocenters. The zero-order valence-electron chi connectivity index (χ0n) is 21.1. The van der Waals surface area contributed by atoms with Gasteiger partial charge in [0.25, 0.3) is 5.91 Å². The minimum atomic E-state index is -0.225. The zero-order chi connectivity index (χ0) is 25.5. The van der Waals surface area contributed by atoms with Crippen LogP contribution in [0.25, 0.3) is 0 Å². The molecular weight excluding hydrogens is 470 g/mol. The molecule has 1 aliphatic heterocycles. The molecule has 1 N–H and O–H groups in total. The van der Waals surface area contributed by atoms with Crippen LogP contribution in [-0.4, -0.2) is 60.6 Å². The molecule has 0 unspecified atom stereocenters. The number of methoxy groups -OCH3 is 1. The van der Waals surface area contributed by atoms with Crippen LogP contribution in [0, 0.1) is 13.8 Å². The number of piperazine rings is 1. The van der Waals surface area contributed by atoms with Crippen LogP contribution in [-0.2, 0) is 11.3 Å². The van der Waals surface area contributed by atoms with E-state index < -0.39 is 0 Å². The van der Waals surface area contributed by atoms with E-state index in [1.807, 2.05) is 56.3 Å². The lowest BCUT2D eigenvalue weighted by molar-refractivity contribution is -0.118. The Morgan fingerprint density at radius 3 is 2.39 bits per heavy atom. The fourth-order valence-corrected chi connectivity index (χ4v) is 4.65. The Bertz CT molecular complexity index is 1210. The molecule has 1 fully saturated rings. The molecule has 0 radical (unpaired) electrons. The van der Waals surface area contributed by atoms with Gasteiger partial charge in [-0.3, -0.25) is 9.69 Å². The Kier molecular flexibility index (Phi) is 8.57. The van der Waals surface area contributed by atoms with E-state index in [0.717, 1.165) is 60.1 Å². The molecule has 0 bridgehead atoms. The summed E-state index contributed by atoms with van der Waals surface area (Å²) < 4.78 is 11.3. The minimum Gasteiger partial charge on any atom is -0.493 e. The van der Waals surface area contributed by atoms with Gasteiger partial charge in [-0.1, -0.05) is 60.2 Å². The third kappa shape index (κ3) is 6.62. The van der Waals surface area contributed by atoms with E-state index in [-0.39, 0.29) is 12.5 Å². The van der Waals surface area contributed by atoms with Gasteiger partial charge >= 0.3 is 0 Å². The van der Waals surface area contributed by atoms with Gasteiger partial charge in [-0.05, 0) is 49.2 Å². The van der Waals surface area contributed by atoms with Crippen molar-refractivity contribution in [2.45, 2.75) is 20.4 Å². The fourth-order valence-electron chi connectivity index (χ4n) is 4.34. The van der Waals surface area contributed by atoms with Crippen molar-refractivity contribution in [2.75, 3.05) is 45.2 Å². The summed E-state index contributed by atoms with van der Waals surface area (Å²) in [5.41, 5.74) is 5.19. The molecule has 0 aromatic heterocycles. The van der Waals surface area contributed by atoms with Crippen LogP contribution < -0.4 is 14.8 Å². The van der Waals surface area contributed by atoms with Crippen LogP contribution in [0.1, 0.15) is 22.3 Å². The van der Waals surface area contributed by atoms with Crippen molar-refractivity contribution in [3.63, 3.8) is 0 Å². The summed E-state index contributed by atoms with van der Waals surface area (Å²) in [6.45, 7) is 8.52. The van der Waals surface area contributed by atoms with Gasteiger partial charge in [0.15, 0.2) is 18.1 Å². The minimum absolute atomic E-state index is 0.114. The maximum Gasteiger partial charge on any atom is 0.262 e. The van der Waals surface area contributed by atoms with Gasteiger partial charge in [0.1, 0.15) is 4.99 Å². The Hall–Kier alpha value is -3.42. The zero-order valence-corrected chi connectivity index (χ0v) is 21.9. The van der Waals surface area contributed by atoms with Crippen LogP contribution in [0.2, 0.25) is 0 Å². The first-order valence-electron chi connectivity index (χ1n) is 12.2. The highest BCUT2D eigenvalue weighted by atomic mass is 32.1. The van der Waals surface area contributed by atoms with Crippen LogP contribution >= 0.6 is 12.2 Å². The first-order chi connectivity index (χ1) is 17.4. The number of hydrogen-bond donors (Lipinski definition) is 1. The number of carbonyl (C=O) groups is 1. The van der Waals surface area contributed by atoms with E-state index in [1.54, 1.807) is 7.11 Å². The van der Waals surface area contributed by atoms with E-state index in [1.165, 1.54) is 5.56 Å². The van der Waals surface area contributed by atoms with Crippen molar-refractivity contribution in [2.24, 2.45) is 0 Å². The number of anilines is 1. The summed E-state index contributed by atoms with van der Waals surface area (Å²) in [5.74, 6) is 0.835. The Morgan fingerprint density at radius 1 is 0.944 bits per heavy atom. The van der Waals surface area contributed by atoms with Gasteiger partial charge in [0.05, 0.1) is 7.11 Å². The number of nitrogens with one attached hydrogen (secondary N) is 1. The van der Waals surface area contributed by atoms with Crippen molar-refractivity contribution in [3.8, 4) is 11.5 Å². The first-order valence-corrected chi connectivity index (χ1v) is 12.6. The number of hydrogen-bond acceptors (Lipinski definition) is 5. The van der Waals surface area contributed by atoms with Gasteiger partial charge in [0, 0.05) is 44.0 Å². The van der Waals surface area contributed by atoms with Crippen molar-refractivity contribution in [3.05, 3.63) is 89.0 Å². The SMILES string of the molecule is COc1cc(C(=S)N2CCN(Cc3ccccc3)CC2)ccc1OCC(=O)Nc1ccc(C)cc1C. The molecule has 1 aliphatic rings. The van der Waals surface area contributed by atoms with E-state index in [9.17, 15) is 4.79 Å². The van der Waals surface area contributed by atoms with Crippen LogP contribution in [0.15, 0.2) is 66.7 Å². The standard InChI is InChI=1S/C29H33N3O3S/c1-21-9-11-25(22(2)17-21)30-28(33)20-35-26-12-10-24(18-27(26)34-3)29(36)32-15-13-31(14-16-32)19-23-7-5-4-6-8-23/h4-12,17-18H,13-16,19-20H2,1-3H3,(H,30,33). The lowest BCUT2D eigenvalue weighted by Crippen LogP contribution is -2.48. The highest BCUT2D eigenvalue weighted by Crippen LogP contribution is 2.29. The van der Waals surface area contributed by atoms with E-state index in [0.29, 0.717) is 11.5 Å². The molecule has 0 saturated carbocycles. The summed E-state index contributed by atoms with van der Waals surface area (Å²) in [5, 5.41) is 2.90. The number of rotatable bonds is 8. The van der Waals surface area contributed by atoms with Gasteiger partial charge in [0.2, 0.25) is 0 Å². The largest absolute Gasteiger partial charge is 0.493 e. The number of amides is 1. The molecular formula is C29H33N3O3S. The summed E-state index contributed by atoms with van der Waals surface area (Å²) in [6, 6.07) is 22.1. The summed E-state index contributed by atoms with van der Waals surface area (Å²) in [4.78, 5) is 17.9. The molecule has 6 nitrogen and oxygen atoms in total. The number of aryl methyl sites for hydroxylation is 2. The molecule has 1 saturated heterocycles. The fraction of sp³-hybridized carbons (Fsp3) is 0.310. The normalized spacial score (nSPS) is 13.8. The predicted octanol–water partition coefficient (Wildman–Crippen LogP) is 4.82. The maximum atomic E-state index is 12.4. The van der Waals surface area contributed by atoms with Crippen molar-refractivity contribution >= 4 is 28.8 Å².